The van der Waals surface area contributed by atoms with Gasteiger partial charge in [0.05, 0.1) is 5.39 Å². The number of rotatable bonds is 5. The molecule has 6 heteroatoms. The molecule has 144 valence electrons. The van der Waals surface area contributed by atoms with Crippen molar-refractivity contribution in [2.75, 3.05) is 5.32 Å². The average molecular weight is 385 g/mol. The zero-order valence-corrected chi connectivity index (χ0v) is 15.8. The third-order valence-corrected chi connectivity index (χ3v) is 4.53. The maximum Gasteiger partial charge on any atom is 0.276 e. The first-order valence-electron chi connectivity index (χ1n) is 9.16. The lowest BCUT2D eigenvalue weighted by atomic mass is 10.1. The van der Waals surface area contributed by atoms with Gasteiger partial charge in [-0.3, -0.25) is 9.59 Å². The van der Waals surface area contributed by atoms with Gasteiger partial charge in [-0.2, -0.15) is 5.10 Å². The van der Waals surface area contributed by atoms with Crippen LogP contribution in [-0.2, 0) is 13.7 Å². The maximum atomic E-state index is 12.8. The van der Waals surface area contributed by atoms with Crippen molar-refractivity contribution in [3.8, 4) is 5.75 Å². The Hall–Kier alpha value is -3.93. The fourth-order valence-electron chi connectivity index (χ4n) is 3.03. The molecule has 1 heterocycles. The maximum absolute atomic E-state index is 12.8. The minimum absolute atomic E-state index is 0.201. The molecule has 0 fully saturated rings. The van der Waals surface area contributed by atoms with Crippen LogP contribution in [0.25, 0.3) is 10.8 Å². The lowest BCUT2D eigenvalue weighted by Gasteiger charge is -2.10. The Morgan fingerprint density at radius 3 is 2.31 bits per heavy atom. The molecule has 4 aromatic rings. The summed E-state index contributed by atoms with van der Waals surface area (Å²) in [7, 11) is 1.53. The first kappa shape index (κ1) is 18.4. The molecule has 6 nitrogen and oxygen atoms in total. The number of amides is 1. The van der Waals surface area contributed by atoms with E-state index in [2.05, 4.69) is 10.4 Å². The summed E-state index contributed by atoms with van der Waals surface area (Å²) < 4.78 is 6.94. The van der Waals surface area contributed by atoms with E-state index in [-0.39, 0.29) is 17.2 Å². The molecule has 0 spiro atoms. The van der Waals surface area contributed by atoms with Gasteiger partial charge in [0, 0.05) is 18.1 Å². The molecule has 0 radical (unpaired) electrons. The summed E-state index contributed by atoms with van der Waals surface area (Å²) in [5.74, 6) is 0.326. The number of fused-ring (bicyclic) bond motifs is 1. The lowest BCUT2D eigenvalue weighted by Crippen LogP contribution is -2.25. The second-order valence-electron chi connectivity index (χ2n) is 6.58. The second-order valence-corrected chi connectivity index (χ2v) is 6.58. The van der Waals surface area contributed by atoms with E-state index in [1.54, 1.807) is 48.5 Å². The second kappa shape index (κ2) is 7.98. The number of aromatic nitrogens is 2. The minimum Gasteiger partial charge on any atom is -0.489 e. The van der Waals surface area contributed by atoms with Gasteiger partial charge in [0.1, 0.15) is 12.4 Å². The Labute approximate surface area is 167 Å². The fourth-order valence-corrected chi connectivity index (χ4v) is 3.03. The highest BCUT2D eigenvalue weighted by molar-refractivity contribution is 6.11. The van der Waals surface area contributed by atoms with Gasteiger partial charge in [0.15, 0.2) is 5.69 Å². The number of anilines is 1. The van der Waals surface area contributed by atoms with Crippen molar-refractivity contribution in [2.24, 2.45) is 7.05 Å². The van der Waals surface area contributed by atoms with Gasteiger partial charge in [0.2, 0.25) is 0 Å². The fraction of sp³-hybridized carbons (Fsp3) is 0.0870. The van der Waals surface area contributed by atoms with E-state index in [0.717, 1.165) is 5.56 Å². The number of carbonyl (C=O) groups is 1. The predicted octanol–water partition coefficient (Wildman–Crippen LogP) is 3.76. The molecule has 1 amide bonds. The lowest BCUT2D eigenvalue weighted by molar-refractivity contribution is 0.102. The van der Waals surface area contributed by atoms with Crippen LogP contribution in [0.1, 0.15) is 16.1 Å². The molecular weight excluding hydrogens is 366 g/mol. The van der Waals surface area contributed by atoms with Gasteiger partial charge >= 0.3 is 0 Å². The van der Waals surface area contributed by atoms with Gasteiger partial charge in [-0.25, -0.2) is 4.68 Å². The van der Waals surface area contributed by atoms with Crippen LogP contribution in [0.3, 0.4) is 0 Å². The van der Waals surface area contributed by atoms with Gasteiger partial charge in [-0.1, -0.05) is 48.5 Å². The van der Waals surface area contributed by atoms with Crippen molar-refractivity contribution in [1.29, 1.82) is 0 Å². The van der Waals surface area contributed by atoms with E-state index in [1.165, 1.54) is 11.7 Å². The molecule has 0 unspecified atom stereocenters. The summed E-state index contributed by atoms with van der Waals surface area (Å²) in [6.07, 6.45) is 0. The van der Waals surface area contributed by atoms with Crippen molar-refractivity contribution >= 4 is 22.4 Å². The van der Waals surface area contributed by atoms with E-state index in [0.29, 0.717) is 28.8 Å². The first-order valence-corrected chi connectivity index (χ1v) is 9.16. The summed E-state index contributed by atoms with van der Waals surface area (Å²) in [6, 6.07) is 24.0. The minimum atomic E-state index is -0.380. The number of hydrogen-bond acceptors (Lipinski definition) is 4. The normalized spacial score (nSPS) is 10.7. The molecule has 0 saturated heterocycles. The van der Waals surface area contributed by atoms with Crippen molar-refractivity contribution in [3.63, 3.8) is 0 Å². The van der Waals surface area contributed by atoms with Crippen LogP contribution in [-0.4, -0.2) is 15.7 Å². The Morgan fingerprint density at radius 2 is 1.59 bits per heavy atom. The molecule has 0 saturated carbocycles. The summed E-state index contributed by atoms with van der Waals surface area (Å²) in [5.41, 5.74) is 1.66. The molecular formula is C23H19N3O3. The molecule has 29 heavy (non-hydrogen) atoms. The Bertz CT molecular complexity index is 1220. The van der Waals surface area contributed by atoms with E-state index in [4.69, 9.17) is 4.74 Å². The van der Waals surface area contributed by atoms with E-state index >= 15 is 0 Å². The highest BCUT2D eigenvalue weighted by Gasteiger charge is 2.15. The van der Waals surface area contributed by atoms with Crippen molar-refractivity contribution in [3.05, 3.63) is 100 Å². The summed E-state index contributed by atoms with van der Waals surface area (Å²) in [5, 5.41) is 7.95. The number of aryl methyl sites for hydroxylation is 1. The Morgan fingerprint density at radius 1 is 0.931 bits per heavy atom. The summed E-state index contributed by atoms with van der Waals surface area (Å²) in [4.78, 5) is 25.0. The van der Waals surface area contributed by atoms with Gasteiger partial charge < -0.3 is 10.1 Å². The quantitative estimate of drug-likeness (QED) is 0.568. The molecule has 0 aliphatic carbocycles. The topological polar surface area (TPSA) is 73.2 Å². The number of hydrogen-bond donors (Lipinski definition) is 1. The number of ether oxygens (including phenoxy) is 1. The molecule has 0 atom stereocenters. The van der Waals surface area contributed by atoms with Crippen molar-refractivity contribution < 1.29 is 9.53 Å². The van der Waals surface area contributed by atoms with Crippen molar-refractivity contribution in [1.82, 2.24) is 9.78 Å². The molecule has 3 aromatic carbocycles. The van der Waals surface area contributed by atoms with Crippen LogP contribution in [0.4, 0.5) is 5.69 Å². The third-order valence-electron chi connectivity index (χ3n) is 4.53. The van der Waals surface area contributed by atoms with Crippen LogP contribution >= 0.6 is 0 Å². The number of carbonyl (C=O) groups excluding carboxylic acids is 1. The Kier molecular flexibility index (Phi) is 5.07. The average Bonchev–Trinajstić information content (AvgIpc) is 2.76. The zero-order chi connectivity index (χ0) is 20.2. The predicted molar refractivity (Wildman–Crippen MR) is 112 cm³/mol. The zero-order valence-electron chi connectivity index (χ0n) is 15.8. The smallest absolute Gasteiger partial charge is 0.276 e. The van der Waals surface area contributed by atoms with Crippen molar-refractivity contribution in [2.45, 2.75) is 6.61 Å². The van der Waals surface area contributed by atoms with Gasteiger partial charge in [-0.15, -0.1) is 0 Å². The first-order chi connectivity index (χ1) is 14.1. The standard InChI is InChI=1S/C23H19N3O3/c1-26-23(28)20-10-6-5-9-19(20)21(25-26)22(27)24-17-11-13-18(14-12-17)29-15-16-7-3-2-4-8-16/h2-14H,15H2,1H3,(H,24,27). The van der Waals surface area contributed by atoms with Crippen LogP contribution in [0.5, 0.6) is 5.75 Å². The van der Waals surface area contributed by atoms with E-state index in [9.17, 15) is 9.59 Å². The van der Waals surface area contributed by atoms with E-state index in [1.807, 2.05) is 30.3 Å². The highest BCUT2D eigenvalue weighted by Crippen LogP contribution is 2.19. The van der Waals surface area contributed by atoms with Gasteiger partial charge in [-0.05, 0) is 35.9 Å². The van der Waals surface area contributed by atoms with Crippen LogP contribution in [0.15, 0.2) is 83.7 Å². The SMILES string of the molecule is Cn1nc(C(=O)Nc2ccc(OCc3ccccc3)cc2)c2ccccc2c1=O. The third kappa shape index (κ3) is 4.01. The number of nitrogens with zero attached hydrogens (tertiary/aromatic N) is 2. The molecule has 4 rings (SSSR count). The van der Waals surface area contributed by atoms with Crippen LogP contribution < -0.4 is 15.6 Å². The van der Waals surface area contributed by atoms with Crippen LogP contribution in [0, 0.1) is 0 Å². The summed E-state index contributed by atoms with van der Waals surface area (Å²) >= 11 is 0. The molecule has 1 aromatic heterocycles. The largest absolute Gasteiger partial charge is 0.489 e. The van der Waals surface area contributed by atoms with E-state index < -0.39 is 0 Å². The molecule has 1 N–H and O–H groups in total. The molecule has 0 bridgehead atoms. The monoisotopic (exact) mass is 385 g/mol. The Balaban J connectivity index is 1.50. The molecule has 0 aliphatic rings. The molecule has 0 aliphatic heterocycles. The summed E-state index contributed by atoms with van der Waals surface area (Å²) in [6.45, 7) is 0.473. The van der Waals surface area contributed by atoms with Crippen LogP contribution in [0.2, 0.25) is 0 Å². The van der Waals surface area contributed by atoms with Gasteiger partial charge in [0.25, 0.3) is 11.5 Å². The highest BCUT2D eigenvalue weighted by atomic mass is 16.5. The number of benzene rings is 3. The number of nitrogens with one attached hydrogen (secondary N) is 1.